The molecule has 1 heterocycles. The molecule has 0 unspecified atom stereocenters. The molecule has 1 amide bonds. The quantitative estimate of drug-likeness (QED) is 0.900. The van der Waals surface area contributed by atoms with Crippen LogP contribution in [0.25, 0.3) is 5.69 Å². The van der Waals surface area contributed by atoms with Gasteiger partial charge in [0.2, 0.25) is 0 Å². The summed E-state index contributed by atoms with van der Waals surface area (Å²) >= 11 is 5.92. The van der Waals surface area contributed by atoms with E-state index >= 15 is 0 Å². The first-order valence-electron chi connectivity index (χ1n) is 6.17. The molecule has 106 valence electrons. The highest BCUT2D eigenvalue weighted by atomic mass is 35.5. The first-order chi connectivity index (χ1) is 9.56. The lowest BCUT2D eigenvalue weighted by Crippen LogP contribution is -2.31. The van der Waals surface area contributed by atoms with Crippen molar-refractivity contribution in [3.63, 3.8) is 0 Å². The summed E-state index contributed by atoms with van der Waals surface area (Å²) in [6, 6.07) is 7.19. The molecule has 1 N–H and O–H groups in total. The molecular weight excluding hydrogens is 278 g/mol. The zero-order valence-corrected chi connectivity index (χ0v) is 12.1. The first-order valence-corrected chi connectivity index (χ1v) is 6.55. The number of carbonyl (C=O) groups excluding carboxylic acids is 1. The van der Waals surface area contributed by atoms with Gasteiger partial charge in [-0.2, -0.15) is 0 Å². The summed E-state index contributed by atoms with van der Waals surface area (Å²) < 4.78 is 1.52. The van der Waals surface area contributed by atoms with Gasteiger partial charge in [0, 0.05) is 18.1 Å². The number of hydrogen-bond acceptors (Lipinski definition) is 4. The van der Waals surface area contributed by atoms with E-state index in [0.717, 1.165) is 12.2 Å². The van der Waals surface area contributed by atoms with Crippen molar-refractivity contribution in [1.29, 1.82) is 0 Å². The van der Waals surface area contributed by atoms with Gasteiger partial charge in [0.25, 0.3) is 5.91 Å². The second kappa shape index (κ2) is 6.49. The first kappa shape index (κ1) is 14.5. The zero-order chi connectivity index (χ0) is 14.5. The Labute approximate surface area is 122 Å². The van der Waals surface area contributed by atoms with E-state index < -0.39 is 0 Å². The molecule has 0 spiro atoms. The molecule has 0 aliphatic heterocycles. The normalized spacial score (nSPS) is 10.8. The summed E-state index contributed by atoms with van der Waals surface area (Å²) in [6.07, 6.45) is 1.58. The van der Waals surface area contributed by atoms with Crippen LogP contribution in [0, 0.1) is 0 Å². The van der Waals surface area contributed by atoms with Crippen molar-refractivity contribution in [2.75, 3.05) is 27.2 Å². The number of aromatic nitrogens is 3. The molecule has 2 aromatic rings. The molecule has 0 aliphatic carbocycles. The van der Waals surface area contributed by atoms with Crippen LogP contribution in [0.15, 0.2) is 30.5 Å². The van der Waals surface area contributed by atoms with Gasteiger partial charge in [-0.3, -0.25) is 4.79 Å². The molecule has 0 saturated carbocycles. The minimum absolute atomic E-state index is 0.236. The monoisotopic (exact) mass is 293 g/mol. The van der Waals surface area contributed by atoms with E-state index in [1.807, 2.05) is 31.1 Å². The van der Waals surface area contributed by atoms with E-state index in [1.165, 1.54) is 4.68 Å². The summed E-state index contributed by atoms with van der Waals surface area (Å²) in [6.45, 7) is 1.34. The number of hydrogen-bond donors (Lipinski definition) is 1. The lowest BCUT2D eigenvalue weighted by atomic mass is 10.3. The minimum Gasteiger partial charge on any atom is -0.349 e. The topological polar surface area (TPSA) is 63.1 Å². The molecule has 0 aliphatic rings. The lowest BCUT2D eigenvalue weighted by Gasteiger charge is -2.09. The van der Waals surface area contributed by atoms with Crippen LogP contribution in [0.2, 0.25) is 5.02 Å². The van der Waals surface area contributed by atoms with Gasteiger partial charge in [0.1, 0.15) is 0 Å². The molecule has 0 fully saturated rings. The summed E-state index contributed by atoms with van der Waals surface area (Å²) in [7, 11) is 3.89. The number of rotatable bonds is 5. The zero-order valence-electron chi connectivity index (χ0n) is 11.4. The van der Waals surface area contributed by atoms with Crippen LogP contribution in [0.1, 0.15) is 10.5 Å². The molecule has 0 radical (unpaired) electrons. The molecule has 1 aromatic heterocycles. The fourth-order valence-corrected chi connectivity index (χ4v) is 1.78. The van der Waals surface area contributed by atoms with Gasteiger partial charge in [-0.1, -0.05) is 22.9 Å². The van der Waals surface area contributed by atoms with E-state index in [1.54, 1.807) is 18.3 Å². The van der Waals surface area contributed by atoms with Crippen molar-refractivity contribution in [2.24, 2.45) is 0 Å². The van der Waals surface area contributed by atoms with Crippen molar-refractivity contribution in [2.45, 2.75) is 0 Å². The number of benzene rings is 1. The lowest BCUT2D eigenvalue weighted by molar-refractivity contribution is 0.0946. The van der Waals surface area contributed by atoms with Crippen molar-refractivity contribution < 1.29 is 4.79 Å². The maximum Gasteiger partial charge on any atom is 0.273 e. The largest absolute Gasteiger partial charge is 0.349 e. The molecule has 6 nitrogen and oxygen atoms in total. The Morgan fingerprint density at radius 1 is 1.45 bits per heavy atom. The van der Waals surface area contributed by atoms with Crippen LogP contribution in [-0.4, -0.2) is 53.0 Å². The predicted octanol–water partition coefficient (Wildman–Crippen LogP) is 1.21. The van der Waals surface area contributed by atoms with Crippen molar-refractivity contribution in [3.8, 4) is 5.69 Å². The third-order valence-electron chi connectivity index (χ3n) is 2.64. The maximum atomic E-state index is 11.9. The van der Waals surface area contributed by atoms with Crippen molar-refractivity contribution >= 4 is 17.5 Å². The van der Waals surface area contributed by atoms with Crippen LogP contribution in [0.3, 0.4) is 0 Å². The van der Waals surface area contributed by atoms with Gasteiger partial charge in [-0.15, -0.1) is 5.10 Å². The van der Waals surface area contributed by atoms with Gasteiger partial charge < -0.3 is 10.2 Å². The Balaban J connectivity index is 2.03. The van der Waals surface area contributed by atoms with Crippen molar-refractivity contribution in [1.82, 2.24) is 25.2 Å². The highest BCUT2D eigenvalue weighted by Gasteiger charge is 2.11. The number of nitrogens with one attached hydrogen (secondary N) is 1. The van der Waals surface area contributed by atoms with Gasteiger partial charge >= 0.3 is 0 Å². The Hall–Kier alpha value is -1.92. The van der Waals surface area contributed by atoms with E-state index in [9.17, 15) is 4.79 Å². The fraction of sp³-hybridized carbons (Fsp3) is 0.308. The van der Waals surface area contributed by atoms with Gasteiger partial charge in [-0.05, 0) is 32.3 Å². The number of amides is 1. The van der Waals surface area contributed by atoms with Crippen LogP contribution >= 0.6 is 11.6 Å². The molecule has 7 heteroatoms. The summed E-state index contributed by atoms with van der Waals surface area (Å²) in [5.74, 6) is -0.236. The number of likely N-dealkylation sites (N-methyl/N-ethyl adjacent to an activating group) is 1. The molecule has 0 bridgehead atoms. The minimum atomic E-state index is -0.236. The Kier molecular flexibility index (Phi) is 4.70. The SMILES string of the molecule is CN(C)CCNC(=O)c1cn(-c2cccc(Cl)c2)nn1. The highest BCUT2D eigenvalue weighted by Crippen LogP contribution is 2.13. The second-order valence-electron chi connectivity index (χ2n) is 4.59. The standard InChI is InChI=1S/C13H16ClN5O/c1-18(2)7-6-15-13(20)12-9-19(17-16-12)11-5-3-4-10(14)8-11/h3-5,8-9H,6-7H2,1-2H3,(H,15,20). The number of nitrogens with zero attached hydrogens (tertiary/aromatic N) is 4. The van der Waals surface area contributed by atoms with Gasteiger partial charge in [0.05, 0.1) is 11.9 Å². The van der Waals surface area contributed by atoms with E-state index in [4.69, 9.17) is 11.6 Å². The molecule has 0 atom stereocenters. The fourth-order valence-electron chi connectivity index (χ4n) is 1.60. The molecule has 0 saturated heterocycles. The Morgan fingerprint density at radius 2 is 2.25 bits per heavy atom. The summed E-state index contributed by atoms with van der Waals surface area (Å²) in [5.41, 5.74) is 1.04. The van der Waals surface area contributed by atoms with E-state index in [0.29, 0.717) is 11.6 Å². The van der Waals surface area contributed by atoms with Crippen LogP contribution in [-0.2, 0) is 0 Å². The molecule has 1 aromatic carbocycles. The Bertz CT molecular complexity index is 596. The molecule has 2 rings (SSSR count). The average molecular weight is 294 g/mol. The van der Waals surface area contributed by atoms with Crippen molar-refractivity contribution in [3.05, 3.63) is 41.2 Å². The summed E-state index contributed by atoms with van der Waals surface area (Å²) in [4.78, 5) is 13.9. The van der Waals surface area contributed by atoms with Gasteiger partial charge in [0.15, 0.2) is 5.69 Å². The van der Waals surface area contributed by atoms with Crippen LogP contribution in [0.4, 0.5) is 0 Å². The van der Waals surface area contributed by atoms with E-state index in [2.05, 4.69) is 15.6 Å². The summed E-state index contributed by atoms with van der Waals surface area (Å²) in [5, 5.41) is 11.2. The third-order valence-corrected chi connectivity index (χ3v) is 2.88. The molecule has 20 heavy (non-hydrogen) atoms. The number of halogens is 1. The van der Waals surface area contributed by atoms with Crippen LogP contribution in [0.5, 0.6) is 0 Å². The Morgan fingerprint density at radius 3 is 2.95 bits per heavy atom. The third kappa shape index (κ3) is 3.79. The maximum absolute atomic E-state index is 11.9. The average Bonchev–Trinajstić information content (AvgIpc) is 2.87. The van der Waals surface area contributed by atoms with E-state index in [-0.39, 0.29) is 11.6 Å². The second-order valence-corrected chi connectivity index (χ2v) is 5.02. The molecular formula is C13H16ClN5O. The van der Waals surface area contributed by atoms with Gasteiger partial charge in [-0.25, -0.2) is 4.68 Å². The smallest absolute Gasteiger partial charge is 0.273 e. The van der Waals surface area contributed by atoms with Crippen LogP contribution < -0.4 is 5.32 Å². The predicted molar refractivity (Wildman–Crippen MR) is 77.3 cm³/mol. The highest BCUT2D eigenvalue weighted by molar-refractivity contribution is 6.30. The number of carbonyl (C=O) groups is 1.